The summed E-state index contributed by atoms with van der Waals surface area (Å²) in [6.07, 6.45) is 5.13. The first kappa shape index (κ1) is 22.5. The first-order valence-corrected chi connectivity index (χ1v) is 13.6. The van der Waals surface area contributed by atoms with Crippen LogP contribution in [0, 0.1) is 44.4 Å². The Bertz CT molecular complexity index is 1390. The molecule has 1 N–H and O–H groups in total. The fourth-order valence-corrected chi connectivity index (χ4v) is 7.83. The molecule has 2 bridgehead atoms. The second-order valence-corrected chi connectivity index (χ2v) is 12.0. The summed E-state index contributed by atoms with van der Waals surface area (Å²) in [5.74, 6) is -0.00204. The van der Waals surface area contributed by atoms with E-state index in [4.69, 9.17) is 0 Å². The average molecular weight is 504 g/mol. The third kappa shape index (κ3) is 3.70. The minimum atomic E-state index is -0.208. The highest BCUT2D eigenvalue weighted by Crippen LogP contribution is 2.53. The third-order valence-electron chi connectivity index (χ3n) is 7.35. The van der Waals surface area contributed by atoms with Gasteiger partial charge in [-0.3, -0.25) is 14.4 Å². The highest BCUT2D eigenvalue weighted by atomic mass is 32.2. The molecule has 3 amide bonds. The molecule has 2 aliphatic carbocycles. The number of nitrogens with one attached hydrogen (secondary N) is 1. The number of hydrogen-bond donors (Lipinski definition) is 1. The van der Waals surface area contributed by atoms with Gasteiger partial charge >= 0.3 is 0 Å². The SMILES string of the molecule is Cc1cc(C)c(NC(=O)CSc2nc3ccc(N4C(=O)[C@@H]5[C@H](C4=O)[C@H]4C=C[C@H]5C4)cc3s2)c(C)c1. The van der Waals surface area contributed by atoms with Crippen LogP contribution in [0.4, 0.5) is 11.4 Å². The van der Waals surface area contributed by atoms with Crippen LogP contribution >= 0.6 is 23.1 Å². The molecule has 0 unspecified atom stereocenters. The quantitative estimate of drug-likeness (QED) is 0.292. The highest BCUT2D eigenvalue weighted by Gasteiger charge is 2.59. The number of thioether (sulfide) groups is 1. The summed E-state index contributed by atoms with van der Waals surface area (Å²) in [7, 11) is 0. The van der Waals surface area contributed by atoms with Gasteiger partial charge in [-0.1, -0.05) is 41.6 Å². The molecule has 178 valence electrons. The summed E-state index contributed by atoms with van der Waals surface area (Å²) in [6.45, 7) is 6.04. The van der Waals surface area contributed by atoms with Gasteiger partial charge in [0.2, 0.25) is 17.7 Å². The minimum absolute atomic E-state index is 0.0753. The molecule has 1 aliphatic heterocycles. The maximum absolute atomic E-state index is 13.1. The second-order valence-electron chi connectivity index (χ2n) is 9.75. The molecular formula is C27H25N3O3S2. The van der Waals surface area contributed by atoms with Crippen LogP contribution in [0.3, 0.4) is 0 Å². The fraction of sp³-hybridized carbons (Fsp3) is 0.333. The molecular weight excluding hydrogens is 478 g/mol. The molecule has 0 radical (unpaired) electrons. The summed E-state index contributed by atoms with van der Waals surface area (Å²) in [6, 6.07) is 9.66. The van der Waals surface area contributed by atoms with Crippen LogP contribution in [-0.4, -0.2) is 28.5 Å². The standard InChI is InChI=1S/C27H25N3O3S2/c1-13-8-14(2)24(15(3)9-13)29-21(31)12-34-27-28-19-7-6-18(11-20(19)35-27)30-25(32)22-16-4-5-17(10-16)23(22)26(30)33/h4-9,11,16-17,22-23H,10,12H2,1-3H3,(H,29,31)/t16-,17-,22-,23+/m0/s1. The number of carbonyl (C=O) groups is 3. The monoisotopic (exact) mass is 503 g/mol. The van der Waals surface area contributed by atoms with Crippen LogP contribution < -0.4 is 10.2 Å². The number of nitrogens with zero attached hydrogens (tertiary/aromatic N) is 2. The van der Waals surface area contributed by atoms with E-state index < -0.39 is 0 Å². The van der Waals surface area contributed by atoms with Crippen LogP contribution in [0.2, 0.25) is 0 Å². The first-order valence-electron chi connectivity index (χ1n) is 11.8. The van der Waals surface area contributed by atoms with Gasteiger partial charge in [-0.25, -0.2) is 9.88 Å². The van der Waals surface area contributed by atoms with Gasteiger partial charge in [0.05, 0.1) is 33.5 Å². The Kier molecular flexibility index (Phi) is 5.34. The molecule has 8 heteroatoms. The zero-order valence-electron chi connectivity index (χ0n) is 19.7. The maximum atomic E-state index is 13.1. The van der Waals surface area contributed by atoms with Gasteiger partial charge in [-0.15, -0.1) is 11.3 Å². The van der Waals surface area contributed by atoms with Crippen LogP contribution in [0.15, 0.2) is 46.8 Å². The van der Waals surface area contributed by atoms with E-state index >= 15 is 0 Å². The van der Waals surface area contributed by atoms with Crippen molar-refractivity contribution in [2.75, 3.05) is 16.0 Å². The van der Waals surface area contributed by atoms with E-state index in [0.29, 0.717) is 5.69 Å². The van der Waals surface area contributed by atoms with Gasteiger partial charge in [-0.2, -0.15) is 0 Å². The smallest absolute Gasteiger partial charge is 0.238 e. The largest absolute Gasteiger partial charge is 0.325 e. The molecule has 2 aromatic carbocycles. The zero-order chi connectivity index (χ0) is 24.4. The van der Waals surface area contributed by atoms with Crippen molar-refractivity contribution in [1.82, 2.24) is 4.98 Å². The fourth-order valence-electron chi connectivity index (χ4n) is 5.93. The first-order chi connectivity index (χ1) is 16.8. The Morgan fingerprint density at radius 3 is 2.37 bits per heavy atom. The van der Waals surface area contributed by atoms with Crippen molar-refractivity contribution in [3.63, 3.8) is 0 Å². The molecule has 6 rings (SSSR count). The Balaban J connectivity index is 1.16. The number of imide groups is 1. The number of hydrogen-bond acceptors (Lipinski definition) is 6. The van der Waals surface area contributed by atoms with Crippen molar-refractivity contribution >= 4 is 62.4 Å². The summed E-state index contributed by atoms with van der Waals surface area (Å²) in [4.78, 5) is 44.9. The Hall–Kier alpha value is -2.97. The topological polar surface area (TPSA) is 79.4 Å². The van der Waals surface area contributed by atoms with E-state index in [1.54, 1.807) is 6.07 Å². The molecule has 1 saturated heterocycles. The van der Waals surface area contributed by atoms with Gasteiger partial charge in [0.25, 0.3) is 0 Å². The number of thiazole rings is 1. The predicted molar refractivity (Wildman–Crippen MR) is 140 cm³/mol. The number of aromatic nitrogens is 1. The van der Waals surface area contributed by atoms with Crippen molar-refractivity contribution in [1.29, 1.82) is 0 Å². The molecule has 3 aliphatic rings. The lowest BCUT2D eigenvalue weighted by Gasteiger charge is -2.17. The van der Waals surface area contributed by atoms with Crippen LogP contribution in [0.5, 0.6) is 0 Å². The van der Waals surface area contributed by atoms with Crippen LogP contribution in [-0.2, 0) is 14.4 Å². The molecule has 4 atom stereocenters. The lowest BCUT2D eigenvalue weighted by molar-refractivity contribution is -0.123. The second kappa shape index (κ2) is 8.31. The van der Waals surface area contributed by atoms with E-state index in [0.717, 1.165) is 37.8 Å². The van der Waals surface area contributed by atoms with E-state index in [-0.39, 0.29) is 47.1 Å². The summed E-state index contributed by atoms with van der Waals surface area (Å²) in [5, 5.41) is 3.03. The molecule has 1 saturated carbocycles. The number of anilines is 2. The number of rotatable bonds is 5. The van der Waals surface area contributed by atoms with Gasteiger partial charge in [0, 0.05) is 5.69 Å². The molecule has 2 fully saturated rings. The van der Waals surface area contributed by atoms with E-state index in [1.165, 1.54) is 33.6 Å². The van der Waals surface area contributed by atoms with Crippen LogP contribution in [0.25, 0.3) is 10.2 Å². The van der Waals surface area contributed by atoms with Crippen molar-refractivity contribution < 1.29 is 14.4 Å². The molecule has 6 nitrogen and oxygen atoms in total. The number of aryl methyl sites for hydroxylation is 3. The molecule has 0 spiro atoms. The molecule has 1 aromatic heterocycles. The highest BCUT2D eigenvalue weighted by molar-refractivity contribution is 8.01. The van der Waals surface area contributed by atoms with Crippen molar-refractivity contribution in [2.45, 2.75) is 31.5 Å². The van der Waals surface area contributed by atoms with Gasteiger partial charge in [0.15, 0.2) is 4.34 Å². The molecule has 2 heterocycles. The van der Waals surface area contributed by atoms with E-state index in [1.807, 2.05) is 32.9 Å². The number of amides is 3. The number of allylic oxidation sites excluding steroid dienone is 2. The molecule has 35 heavy (non-hydrogen) atoms. The Morgan fingerprint density at radius 1 is 1.06 bits per heavy atom. The van der Waals surface area contributed by atoms with E-state index in [2.05, 4.69) is 34.6 Å². The Labute approximate surface area is 211 Å². The van der Waals surface area contributed by atoms with Gasteiger partial charge < -0.3 is 5.32 Å². The summed E-state index contributed by atoms with van der Waals surface area (Å²) >= 11 is 2.86. The summed E-state index contributed by atoms with van der Waals surface area (Å²) < 4.78 is 1.68. The minimum Gasteiger partial charge on any atom is -0.325 e. The Morgan fingerprint density at radius 2 is 1.71 bits per heavy atom. The lowest BCUT2D eigenvalue weighted by atomic mass is 9.85. The zero-order valence-corrected chi connectivity index (χ0v) is 21.3. The summed E-state index contributed by atoms with van der Waals surface area (Å²) in [5.41, 5.74) is 5.55. The van der Waals surface area contributed by atoms with Crippen molar-refractivity contribution in [3.8, 4) is 0 Å². The molecule has 3 aromatic rings. The predicted octanol–water partition coefficient (Wildman–Crippen LogP) is 5.26. The third-order valence-corrected chi connectivity index (χ3v) is 9.51. The van der Waals surface area contributed by atoms with Gasteiger partial charge in [0.1, 0.15) is 0 Å². The van der Waals surface area contributed by atoms with E-state index in [9.17, 15) is 14.4 Å². The maximum Gasteiger partial charge on any atom is 0.238 e. The van der Waals surface area contributed by atoms with Crippen LogP contribution in [0.1, 0.15) is 23.1 Å². The van der Waals surface area contributed by atoms with Gasteiger partial charge in [-0.05, 0) is 68.4 Å². The van der Waals surface area contributed by atoms with Crippen molar-refractivity contribution in [3.05, 3.63) is 59.2 Å². The normalized spacial score (nSPS) is 24.6. The average Bonchev–Trinajstić information content (AvgIpc) is 3.57. The van der Waals surface area contributed by atoms with Crippen molar-refractivity contribution in [2.24, 2.45) is 23.7 Å². The number of carbonyl (C=O) groups excluding carboxylic acids is 3. The lowest BCUT2D eigenvalue weighted by Crippen LogP contribution is -2.32. The number of benzene rings is 2. The number of fused-ring (bicyclic) bond motifs is 6.